The van der Waals surface area contributed by atoms with Crippen molar-refractivity contribution in [2.45, 2.75) is 33.8 Å². The van der Waals surface area contributed by atoms with Crippen molar-refractivity contribution in [3.63, 3.8) is 0 Å². The summed E-state index contributed by atoms with van der Waals surface area (Å²) in [6, 6.07) is 18.6. The molecule has 0 aromatic heterocycles. The van der Waals surface area contributed by atoms with Gasteiger partial charge in [-0.1, -0.05) is 69.3 Å². The first-order chi connectivity index (χ1) is 9.04. The van der Waals surface area contributed by atoms with Crippen LogP contribution in [0.25, 0.3) is 0 Å². The molecular formula is C18H22O. The summed E-state index contributed by atoms with van der Waals surface area (Å²) in [5, 5.41) is 0. The highest BCUT2D eigenvalue weighted by molar-refractivity contribution is 5.34. The molecular weight excluding hydrogens is 232 g/mol. The minimum absolute atomic E-state index is 0.270. The summed E-state index contributed by atoms with van der Waals surface area (Å²) in [6.07, 6.45) is 1.03. The summed E-state index contributed by atoms with van der Waals surface area (Å²) in [5.74, 6) is 1.00. The molecule has 0 aliphatic rings. The first kappa shape index (κ1) is 13.7. The Morgan fingerprint density at radius 2 is 1.47 bits per heavy atom. The zero-order valence-corrected chi connectivity index (χ0v) is 12.0. The molecule has 19 heavy (non-hydrogen) atoms. The fourth-order valence-electron chi connectivity index (χ4n) is 2.10. The van der Waals surface area contributed by atoms with E-state index in [4.69, 9.17) is 4.74 Å². The Morgan fingerprint density at radius 3 is 2.16 bits per heavy atom. The van der Waals surface area contributed by atoms with Crippen LogP contribution in [-0.4, -0.2) is 0 Å². The van der Waals surface area contributed by atoms with Gasteiger partial charge < -0.3 is 4.74 Å². The van der Waals surface area contributed by atoms with Crippen molar-refractivity contribution in [3.05, 3.63) is 65.7 Å². The van der Waals surface area contributed by atoms with Crippen LogP contribution in [0.3, 0.4) is 0 Å². The molecule has 0 aliphatic heterocycles. The van der Waals surface area contributed by atoms with Gasteiger partial charge in [-0.2, -0.15) is 0 Å². The van der Waals surface area contributed by atoms with Crippen LogP contribution in [0.15, 0.2) is 54.6 Å². The zero-order chi connectivity index (χ0) is 13.7. The predicted molar refractivity (Wildman–Crippen MR) is 80.4 cm³/mol. The lowest BCUT2D eigenvalue weighted by molar-refractivity contribution is 0.297. The molecule has 0 spiro atoms. The number of para-hydroxylation sites is 1. The van der Waals surface area contributed by atoms with Crippen LogP contribution in [0.2, 0.25) is 0 Å². The molecule has 2 aromatic rings. The van der Waals surface area contributed by atoms with E-state index in [1.165, 1.54) is 11.1 Å². The van der Waals surface area contributed by atoms with Crippen molar-refractivity contribution < 1.29 is 4.74 Å². The van der Waals surface area contributed by atoms with Crippen LogP contribution in [-0.2, 0) is 13.0 Å². The second kappa shape index (κ2) is 5.92. The zero-order valence-electron chi connectivity index (χ0n) is 12.0. The molecule has 0 saturated carbocycles. The molecule has 0 fully saturated rings. The van der Waals surface area contributed by atoms with Gasteiger partial charge in [0.1, 0.15) is 12.4 Å². The van der Waals surface area contributed by atoms with E-state index in [1.54, 1.807) is 0 Å². The van der Waals surface area contributed by atoms with Gasteiger partial charge in [0.2, 0.25) is 0 Å². The van der Waals surface area contributed by atoms with Gasteiger partial charge in [0.15, 0.2) is 0 Å². The molecule has 0 heterocycles. The molecule has 0 saturated heterocycles. The second-order valence-corrected chi connectivity index (χ2v) is 6.12. The molecule has 0 unspecified atom stereocenters. The van der Waals surface area contributed by atoms with E-state index in [0.717, 1.165) is 12.2 Å². The third-order valence-corrected chi connectivity index (χ3v) is 2.93. The van der Waals surface area contributed by atoms with Crippen molar-refractivity contribution in [1.82, 2.24) is 0 Å². The summed E-state index contributed by atoms with van der Waals surface area (Å²) in [6.45, 7) is 7.38. The van der Waals surface area contributed by atoms with Crippen molar-refractivity contribution in [3.8, 4) is 5.75 Å². The molecule has 0 bridgehead atoms. The molecule has 0 aliphatic carbocycles. The van der Waals surface area contributed by atoms with Gasteiger partial charge >= 0.3 is 0 Å². The SMILES string of the molecule is CC(C)(C)Cc1ccccc1OCc1ccccc1. The fourth-order valence-corrected chi connectivity index (χ4v) is 2.10. The lowest BCUT2D eigenvalue weighted by Gasteiger charge is -2.20. The van der Waals surface area contributed by atoms with Crippen LogP contribution >= 0.6 is 0 Å². The molecule has 0 radical (unpaired) electrons. The molecule has 2 rings (SSSR count). The van der Waals surface area contributed by atoms with E-state index in [0.29, 0.717) is 6.61 Å². The molecule has 0 atom stereocenters. The molecule has 0 N–H and O–H groups in total. The van der Waals surface area contributed by atoms with Crippen molar-refractivity contribution in [2.24, 2.45) is 5.41 Å². The molecule has 1 nitrogen and oxygen atoms in total. The average molecular weight is 254 g/mol. The van der Waals surface area contributed by atoms with E-state index in [2.05, 4.69) is 51.1 Å². The van der Waals surface area contributed by atoms with Gasteiger partial charge in [0, 0.05) is 0 Å². The van der Waals surface area contributed by atoms with Crippen LogP contribution < -0.4 is 4.74 Å². The number of rotatable bonds is 4. The summed E-state index contributed by atoms with van der Waals surface area (Å²) in [5.41, 5.74) is 2.76. The Morgan fingerprint density at radius 1 is 0.842 bits per heavy atom. The Bertz CT molecular complexity index is 509. The van der Waals surface area contributed by atoms with E-state index in [-0.39, 0.29) is 5.41 Å². The maximum absolute atomic E-state index is 5.97. The smallest absolute Gasteiger partial charge is 0.123 e. The largest absolute Gasteiger partial charge is 0.489 e. The van der Waals surface area contributed by atoms with Gasteiger partial charge in [-0.15, -0.1) is 0 Å². The molecule has 100 valence electrons. The number of ether oxygens (including phenoxy) is 1. The highest BCUT2D eigenvalue weighted by Gasteiger charge is 2.14. The minimum Gasteiger partial charge on any atom is -0.489 e. The monoisotopic (exact) mass is 254 g/mol. The topological polar surface area (TPSA) is 9.23 Å². The lowest BCUT2D eigenvalue weighted by Crippen LogP contribution is -2.10. The Hall–Kier alpha value is -1.76. The third kappa shape index (κ3) is 4.44. The maximum atomic E-state index is 5.97. The van der Waals surface area contributed by atoms with E-state index >= 15 is 0 Å². The number of hydrogen-bond acceptors (Lipinski definition) is 1. The molecule has 0 amide bonds. The third-order valence-electron chi connectivity index (χ3n) is 2.93. The summed E-state index contributed by atoms with van der Waals surface area (Å²) < 4.78 is 5.97. The Labute approximate surface area is 116 Å². The number of hydrogen-bond donors (Lipinski definition) is 0. The Balaban J connectivity index is 2.08. The van der Waals surface area contributed by atoms with Crippen molar-refractivity contribution >= 4 is 0 Å². The first-order valence-corrected chi connectivity index (χ1v) is 6.79. The van der Waals surface area contributed by atoms with Gasteiger partial charge in [0.25, 0.3) is 0 Å². The van der Waals surface area contributed by atoms with Crippen molar-refractivity contribution in [1.29, 1.82) is 0 Å². The van der Waals surface area contributed by atoms with Crippen LogP contribution in [0.1, 0.15) is 31.9 Å². The quantitative estimate of drug-likeness (QED) is 0.757. The van der Waals surface area contributed by atoms with E-state index in [1.807, 2.05) is 24.3 Å². The van der Waals surface area contributed by atoms with Crippen LogP contribution in [0.5, 0.6) is 5.75 Å². The highest BCUT2D eigenvalue weighted by Crippen LogP contribution is 2.27. The molecule has 1 heteroatoms. The van der Waals surface area contributed by atoms with Gasteiger partial charge in [-0.3, -0.25) is 0 Å². The van der Waals surface area contributed by atoms with E-state index < -0.39 is 0 Å². The Kier molecular flexibility index (Phi) is 4.26. The summed E-state index contributed by atoms with van der Waals surface area (Å²) in [7, 11) is 0. The van der Waals surface area contributed by atoms with Crippen LogP contribution in [0, 0.1) is 5.41 Å². The van der Waals surface area contributed by atoms with Gasteiger partial charge in [-0.25, -0.2) is 0 Å². The summed E-state index contributed by atoms with van der Waals surface area (Å²) in [4.78, 5) is 0. The first-order valence-electron chi connectivity index (χ1n) is 6.79. The minimum atomic E-state index is 0.270. The predicted octanol–water partition coefficient (Wildman–Crippen LogP) is 4.85. The summed E-state index contributed by atoms with van der Waals surface area (Å²) >= 11 is 0. The second-order valence-electron chi connectivity index (χ2n) is 6.12. The maximum Gasteiger partial charge on any atom is 0.123 e. The normalized spacial score (nSPS) is 11.3. The van der Waals surface area contributed by atoms with Crippen LogP contribution in [0.4, 0.5) is 0 Å². The molecule has 2 aromatic carbocycles. The number of benzene rings is 2. The van der Waals surface area contributed by atoms with Crippen molar-refractivity contribution in [2.75, 3.05) is 0 Å². The highest BCUT2D eigenvalue weighted by atomic mass is 16.5. The lowest BCUT2D eigenvalue weighted by atomic mass is 9.88. The van der Waals surface area contributed by atoms with Gasteiger partial charge in [0.05, 0.1) is 0 Å². The standard InChI is InChI=1S/C18H22O/c1-18(2,3)13-16-11-7-8-12-17(16)19-14-15-9-5-4-6-10-15/h4-12H,13-14H2,1-3H3. The van der Waals surface area contributed by atoms with Gasteiger partial charge in [-0.05, 0) is 29.0 Å². The van der Waals surface area contributed by atoms with E-state index in [9.17, 15) is 0 Å². The fraction of sp³-hybridized carbons (Fsp3) is 0.333. The average Bonchev–Trinajstić information content (AvgIpc) is 2.37.